The number of carbonyl (C=O) groups excluding carboxylic acids is 1. The van der Waals surface area contributed by atoms with Crippen molar-refractivity contribution in [2.45, 2.75) is 45.8 Å². The lowest BCUT2D eigenvalue weighted by atomic mass is 9.85. The second kappa shape index (κ2) is 13.4. The molecule has 1 amide bonds. The van der Waals surface area contributed by atoms with Crippen LogP contribution in [0.5, 0.6) is 23.0 Å². The molecule has 3 heterocycles. The summed E-state index contributed by atoms with van der Waals surface area (Å²) in [5.74, 6) is 2.60. The number of aromatic amines is 1. The highest BCUT2D eigenvalue weighted by Gasteiger charge is 2.28. The SMILES string of the molecule is CCOc1cc(CN2CCC(c3c(OC)cc(OCc4nn[nH]n4)cc3C(N)=O)CC2)cc(OCC)c1-n1cccc1. The van der Waals surface area contributed by atoms with Crippen LogP contribution in [0.25, 0.3) is 5.69 Å². The Morgan fingerprint density at radius 2 is 1.69 bits per heavy atom. The standard InChI is InChI=1S/C30H37N7O5/c1-4-40-25-14-20(15-26(41-5-2)29(25)37-10-6-7-11-37)18-36-12-8-21(9-13-36)28-23(30(31)38)16-22(17-24(28)39-3)42-19-27-32-34-35-33-27/h6-7,10-11,14-17,21H,4-5,8-9,12-13,18-19H2,1-3H3,(H2,31,38)(H,32,33,34,35). The zero-order chi connectivity index (χ0) is 29.5. The lowest BCUT2D eigenvalue weighted by Crippen LogP contribution is -2.33. The number of nitrogens with one attached hydrogen (secondary N) is 1. The van der Waals surface area contributed by atoms with E-state index < -0.39 is 5.91 Å². The maximum Gasteiger partial charge on any atom is 0.249 e. The molecule has 1 fully saturated rings. The topological polar surface area (TPSA) is 143 Å². The summed E-state index contributed by atoms with van der Waals surface area (Å²) in [4.78, 5) is 14.9. The first-order valence-electron chi connectivity index (χ1n) is 14.2. The van der Waals surface area contributed by atoms with Gasteiger partial charge in [0.05, 0.1) is 20.3 Å². The summed E-state index contributed by atoms with van der Waals surface area (Å²) in [6.07, 6.45) is 5.67. The third-order valence-corrected chi connectivity index (χ3v) is 7.32. The molecule has 0 bridgehead atoms. The van der Waals surface area contributed by atoms with Crippen LogP contribution in [0.4, 0.5) is 0 Å². The molecule has 42 heavy (non-hydrogen) atoms. The number of primary amides is 1. The van der Waals surface area contributed by atoms with Gasteiger partial charge in [-0.15, -0.1) is 10.2 Å². The van der Waals surface area contributed by atoms with Gasteiger partial charge in [-0.05, 0) is 81.6 Å². The van der Waals surface area contributed by atoms with E-state index in [2.05, 4.69) is 37.7 Å². The summed E-state index contributed by atoms with van der Waals surface area (Å²) < 4.78 is 25.7. The molecule has 0 unspecified atom stereocenters. The van der Waals surface area contributed by atoms with Gasteiger partial charge in [0.25, 0.3) is 0 Å². The third kappa shape index (κ3) is 6.49. The Bertz CT molecular complexity index is 1440. The molecule has 5 rings (SSSR count). The Morgan fingerprint density at radius 3 is 2.26 bits per heavy atom. The molecule has 12 heteroatoms. The number of aromatic nitrogens is 5. The Hall–Kier alpha value is -4.58. The van der Waals surface area contributed by atoms with Crippen molar-refractivity contribution in [1.82, 2.24) is 30.1 Å². The average Bonchev–Trinajstić information content (AvgIpc) is 3.71. The summed E-state index contributed by atoms with van der Waals surface area (Å²) >= 11 is 0. The monoisotopic (exact) mass is 575 g/mol. The number of H-pyrrole nitrogens is 1. The van der Waals surface area contributed by atoms with E-state index >= 15 is 0 Å². The van der Waals surface area contributed by atoms with Gasteiger partial charge in [0.15, 0.2) is 6.61 Å². The van der Waals surface area contributed by atoms with Crippen LogP contribution < -0.4 is 24.7 Å². The van der Waals surface area contributed by atoms with Crippen LogP contribution in [-0.4, -0.2) is 69.4 Å². The maximum absolute atomic E-state index is 12.5. The van der Waals surface area contributed by atoms with Crippen molar-refractivity contribution in [2.24, 2.45) is 5.73 Å². The highest BCUT2D eigenvalue weighted by atomic mass is 16.5. The molecule has 12 nitrogen and oxygen atoms in total. The molecule has 1 aliphatic heterocycles. The molecule has 222 valence electrons. The summed E-state index contributed by atoms with van der Waals surface area (Å²) in [5.41, 5.74) is 9.08. The molecule has 0 spiro atoms. The van der Waals surface area contributed by atoms with E-state index in [9.17, 15) is 4.79 Å². The van der Waals surface area contributed by atoms with Crippen LogP contribution in [0.1, 0.15) is 59.9 Å². The quantitative estimate of drug-likeness (QED) is 0.243. The van der Waals surface area contributed by atoms with Crippen molar-refractivity contribution in [3.63, 3.8) is 0 Å². The first-order chi connectivity index (χ1) is 20.5. The maximum atomic E-state index is 12.5. The van der Waals surface area contributed by atoms with E-state index in [0.29, 0.717) is 36.1 Å². The Kier molecular flexibility index (Phi) is 9.22. The predicted molar refractivity (Wildman–Crippen MR) is 155 cm³/mol. The largest absolute Gasteiger partial charge is 0.496 e. The van der Waals surface area contributed by atoms with Crippen LogP contribution >= 0.6 is 0 Å². The van der Waals surface area contributed by atoms with Crippen LogP contribution in [0.3, 0.4) is 0 Å². The summed E-state index contributed by atoms with van der Waals surface area (Å²) in [5, 5.41) is 13.7. The van der Waals surface area contributed by atoms with Crippen LogP contribution in [0.2, 0.25) is 0 Å². The second-order valence-electron chi connectivity index (χ2n) is 10.0. The minimum Gasteiger partial charge on any atom is -0.496 e. The van der Waals surface area contributed by atoms with Gasteiger partial charge < -0.3 is 29.2 Å². The minimum atomic E-state index is -0.523. The van der Waals surface area contributed by atoms with E-state index in [1.807, 2.05) is 42.9 Å². The summed E-state index contributed by atoms with van der Waals surface area (Å²) in [6, 6.07) is 11.6. The van der Waals surface area contributed by atoms with E-state index in [1.54, 1.807) is 19.2 Å². The molecule has 0 atom stereocenters. The first-order valence-corrected chi connectivity index (χ1v) is 14.2. The molecule has 2 aromatic carbocycles. The molecule has 0 aliphatic carbocycles. The third-order valence-electron chi connectivity index (χ3n) is 7.32. The molecular weight excluding hydrogens is 538 g/mol. The van der Waals surface area contributed by atoms with E-state index in [4.69, 9.17) is 24.7 Å². The Balaban J connectivity index is 1.32. The number of benzene rings is 2. The zero-order valence-electron chi connectivity index (χ0n) is 24.2. The smallest absolute Gasteiger partial charge is 0.249 e. The summed E-state index contributed by atoms with van der Waals surface area (Å²) in [7, 11) is 1.59. The number of hydrogen-bond donors (Lipinski definition) is 2. The fourth-order valence-corrected chi connectivity index (χ4v) is 5.51. The number of hydrogen-bond acceptors (Lipinski definition) is 9. The van der Waals surface area contributed by atoms with Crippen LogP contribution in [0.15, 0.2) is 48.8 Å². The Labute approximate surface area is 244 Å². The number of ether oxygens (including phenoxy) is 4. The zero-order valence-corrected chi connectivity index (χ0v) is 24.2. The van der Waals surface area contributed by atoms with Crippen molar-refractivity contribution in [3.05, 3.63) is 71.3 Å². The summed E-state index contributed by atoms with van der Waals surface area (Å²) in [6.45, 7) is 7.61. The number of nitrogens with two attached hydrogens (primary N) is 1. The van der Waals surface area contributed by atoms with Gasteiger partial charge in [-0.25, -0.2) is 0 Å². The van der Waals surface area contributed by atoms with E-state index in [0.717, 1.165) is 60.8 Å². The first kappa shape index (κ1) is 28.9. The fourth-order valence-electron chi connectivity index (χ4n) is 5.51. The average molecular weight is 576 g/mol. The molecule has 0 radical (unpaired) electrons. The van der Waals surface area contributed by atoms with Crippen molar-refractivity contribution >= 4 is 5.91 Å². The number of carbonyl (C=O) groups is 1. The van der Waals surface area contributed by atoms with Gasteiger partial charge in [0.1, 0.15) is 28.7 Å². The number of nitrogens with zero attached hydrogens (tertiary/aromatic N) is 5. The lowest BCUT2D eigenvalue weighted by Gasteiger charge is -2.33. The number of piperidine rings is 1. The minimum absolute atomic E-state index is 0.0953. The molecule has 0 saturated carbocycles. The van der Waals surface area contributed by atoms with Gasteiger partial charge in [-0.3, -0.25) is 9.69 Å². The van der Waals surface area contributed by atoms with Crippen LogP contribution in [0, 0.1) is 0 Å². The predicted octanol–water partition coefficient (Wildman–Crippen LogP) is 3.85. The van der Waals surface area contributed by atoms with Gasteiger partial charge in [-0.2, -0.15) is 5.21 Å². The molecule has 3 N–H and O–H groups in total. The number of likely N-dealkylation sites (tertiary alicyclic amines) is 1. The van der Waals surface area contributed by atoms with Gasteiger partial charge >= 0.3 is 0 Å². The molecule has 1 aliphatic rings. The number of amides is 1. The van der Waals surface area contributed by atoms with Crippen molar-refractivity contribution in [2.75, 3.05) is 33.4 Å². The van der Waals surface area contributed by atoms with Gasteiger partial charge in [-0.1, -0.05) is 5.21 Å². The lowest BCUT2D eigenvalue weighted by molar-refractivity contribution is 0.0996. The van der Waals surface area contributed by atoms with Crippen molar-refractivity contribution in [3.8, 4) is 28.7 Å². The number of tetrazole rings is 1. The fraction of sp³-hybridized carbons (Fsp3) is 0.400. The number of rotatable bonds is 13. The van der Waals surface area contributed by atoms with Crippen LogP contribution in [-0.2, 0) is 13.2 Å². The van der Waals surface area contributed by atoms with E-state index in [1.165, 1.54) is 0 Å². The molecule has 4 aromatic rings. The van der Waals surface area contributed by atoms with Crippen molar-refractivity contribution < 1.29 is 23.7 Å². The van der Waals surface area contributed by atoms with Gasteiger partial charge in [0, 0.05) is 36.1 Å². The second-order valence-corrected chi connectivity index (χ2v) is 10.0. The Morgan fingerprint density at radius 1 is 1.00 bits per heavy atom. The molecule has 2 aromatic heterocycles. The number of methoxy groups -OCH3 is 1. The highest BCUT2D eigenvalue weighted by Crippen LogP contribution is 2.40. The van der Waals surface area contributed by atoms with Crippen molar-refractivity contribution in [1.29, 1.82) is 0 Å². The molecule has 1 saturated heterocycles. The van der Waals surface area contributed by atoms with Gasteiger partial charge in [0.2, 0.25) is 11.7 Å². The highest BCUT2D eigenvalue weighted by molar-refractivity contribution is 5.96. The normalized spacial score (nSPS) is 14.1. The molecular formula is C30H37N7O5. The van der Waals surface area contributed by atoms with E-state index in [-0.39, 0.29) is 12.5 Å².